The van der Waals surface area contributed by atoms with Crippen LogP contribution in [-0.4, -0.2) is 55.2 Å². The van der Waals surface area contributed by atoms with E-state index >= 15 is 0 Å². The van der Waals surface area contributed by atoms with Gasteiger partial charge in [0.15, 0.2) is 5.72 Å². The lowest BCUT2D eigenvalue weighted by molar-refractivity contribution is -0.0879. The van der Waals surface area contributed by atoms with Gasteiger partial charge in [0, 0.05) is 43.9 Å². The zero-order chi connectivity index (χ0) is 14.7. The Morgan fingerprint density at radius 1 is 1.43 bits per heavy atom. The highest BCUT2D eigenvalue weighted by molar-refractivity contribution is 5.74. The molecule has 1 aromatic rings. The number of hydrogen-bond acceptors (Lipinski definition) is 6. The minimum Gasteiger partial charge on any atom is -0.400 e. The SMILES string of the molecule is COC1(N2CCOCC2)C=NC(c2cccnc2)C(N)=C1. The summed E-state index contributed by atoms with van der Waals surface area (Å²) in [5.41, 5.74) is 7.24. The van der Waals surface area contributed by atoms with Crippen molar-refractivity contribution in [3.8, 4) is 0 Å². The van der Waals surface area contributed by atoms with Crippen LogP contribution in [0, 0.1) is 0 Å². The molecule has 0 aromatic carbocycles. The normalized spacial score (nSPS) is 30.1. The Kier molecular flexibility index (Phi) is 4.01. The molecule has 1 fully saturated rings. The Morgan fingerprint density at radius 2 is 2.24 bits per heavy atom. The molecule has 0 aliphatic carbocycles. The quantitative estimate of drug-likeness (QED) is 0.887. The summed E-state index contributed by atoms with van der Waals surface area (Å²) in [6, 6.07) is 3.67. The summed E-state index contributed by atoms with van der Waals surface area (Å²) in [5, 5.41) is 0. The third-order valence-corrected chi connectivity index (χ3v) is 3.93. The first-order valence-electron chi connectivity index (χ1n) is 7.05. The zero-order valence-electron chi connectivity index (χ0n) is 12.1. The van der Waals surface area contributed by atoms with E-state index in [4.69, 9.17) is 15.2 Å². The standard InChI is InChI=1S/C15H20N4O2/c1-20-15(19-5-7-21-8-6-19)9-13(16)14(18-11-15)12-3-2-4-17-10-12/h2-4,9-11,14H,5-8,16H2,1H3. The van der Waals surface area contributed by atoms with Crippen LogP contribution < -0.4 is 5.73 Å². The van der Waals surface area contributed by atoms with Crippen molar-refractivity contribution in [3.05, 3.63) is 41.9 Å². The predicted molar refractivity (Wildman–Crippen MR) is 79.9 cm³/mol. The number of morpholine rings is 1. The second kappa shape index (κ2) is 5.93. The number of hydrogen-bond donors (Lipinski definition) is 1. The monoisotopic (exact) mass is 288 g/mol. The molecule has 6 heteroatoms. The van der Waals surface area contributed by atoms with Gasteiger partial charge in [-0.2, -0.15) is 0 Å². The van der Waals surface area contributed by atoms with Crippen LogP contribution in [0.3, 0.4) is 0 Å². The summed E-state index contributed by atoms with van der Waals surface area (Å²) in [5.74, 6) is 0. The molecule has 3 rings (SSSR count). The Morgan fingerprint density at radius 3 is 2.86 bits per heavy atom. The maximum atomic E-state index is 6.25. The summed E-state index contributed by atoms with van der Waals surface area (Å²) in [6.07, 6.45) is 7.32. The van der Waals surface area contributed by atoms with E-state index in [1.807, 2.05) is 24.4 Å². The number of dihydropyridines is 1. The third-order valence-electron chi connectivity index (χ3n) is 3.93. The van der Waals surface area contributed by atoms with E-state index in [-0.39, 0.29) is 6.04 Å². The van der Waals surface area contributed by atoms with Crippen LogP contribution >= 0.6 is 0 Å². The molecule has 112 valence electrons. The van der Waals surface area contributed by atoms with Gasteiger partial charge >= 0.3 is 0 Å². The van der Waals surface area contributed by atoms with Gasteiger partial charge in [-0.3, -0.25) is 14.9 Å². The lowest BCUT2D eigenvalue weighted by atomic mass is 9.99. The molecule has 1 aromatic heterocycles. The molecule has 2 N–H and O–H groups in total. The fourth-order valence-corrected chi connectivity index (χ4v) is 2.77. The molecular weight excluding hydrogens is 268 g/mol. The summed E-state index contributed by atoms with van der Waals surface area (Å²) >= 11 is 0. The van der Waals surface area contributed by atoms with Gasteiger partial charge in [0.05, 0.1) is 19.4 Å². The molecule has 0 amide bonds. The number of ether oxygens (including phenoxy) is 2. The van der Waals surface area contributed by atoms with Gasteiger partial charge in [0.2, 0.25) is 0 Å². The van der Waals surface area contributed by atoms with Crippen LogP contribution in [0.4, 0.5) is 0 Å². The molecule has 0 radical (unpaired) electrons. The molecule has 0 bridgehead atoms. The number of rotatable bonds is 3. The number of methoxy groups -OCH3 is 1. The first-order valence-corrected chi connectivity index (χ1v) is 7.05. The molecule has 0 saturated carbocycles. The van der Waals surface area contributed by atoms with E-state index in [0.29, 0.717) is 18.9 Å². The van der Waals surface area contributed by atoms with Crippen molar-refractivity contribution in [2.24, 2.45) is 10.7 Å². The average molecular weight is 288 g/mol. The maximum absolute atomic E-state index is 6.25. The maximum Gasteiger partial charge on any atom is 0.178 e. The Balaban J connectivity index is 1.87. The van der Waals surface area contributed by atoms with Crippen LogP contribution in [0.2, 0.25) is 0 Å². The average Bonchev–Trinajstić information content (AvgIpc) is 2.56. The van der Waals surface area contributed by atoms with Gasteiger partial charge < -0.3 is 15.2 Å². The van der Waals surface area contributed by atoms with Crippen LogP contribution in [0.5, 0.6) is 0 Å². The Bertz CT molecular complexity index is 540. The molecule has 21 heavy (non-hydrogen) atoms. The van der Waals surface area contributed by atoms with Crippen molar-refractivity contribution in [1.29, 1.82) is 0 Å². The van der Waals surface area contributed by atoms with Crippen LogP contribution in [0.1, 0.15) is 11.6 Å². The second-order valence-corrected chi connectivity index (χ2v) is 5.17. The lowest BCUT2D eigenvalue weighted by Crippen LogP contribution is -2.56. The number of pyridine rings is 1. The van der Waals surface area contributed by atoms with Gasteiger partial charge in [-0.1, -0.05) is 6.07 Å². The summed E-state index contributed by atoms with van der Waals surface area (Å²) in [6.45, 7) is 2.97. The van der Waals surface area contributed by atoms with Crippen LogP contribution in [-0.2, 0) is 9.47 Å². The van der Waals surface area contributed by atoms with E-state index in [2.05, 4.69) is 14.9 Å². The molecule has 2 atom stereocenters. The van der Waals surface area contributed by atoms with Gasteiger partial charge in [-0.25, -0.2) is 0 Å². The van der Waals surface area contributed by atoms with Gasteiger partial charge in [-0.05, 0) is 12.1 Å². The Labute approximate surface area is 124 Å². The smallest absolute Gasteiger partial charge is 0.178 e. The van der Waals surface area contributed by atoms with Gasteiger partial charge in [-0.15, -0.1) is 0 Å². The van der Waals surface area contributed by atoms with Crippen molar-refractivity contribution in [3.63, 3.8) is 0 Å². The van der Waals surface area contributed by atoms with Crippen molar-refractivity contribution in [2.75, 3.05) is 33.4 Å². The fraction of sp³-hybridized carbons (Fsp3) is 0.467. The van der Waals surface area contributed by atoms with Crippen molar-refractivity contribution < 1.29 is 9.47 Å². The summed E-state index contributed by atoms with van der Waals surface area (Å²) in [7, 11) is 1.68. The highest BCUT2D eigenvalue weighted by Crippen LogP contribution is 2.31. The molecule has 2 unspecified atom stereocenters. The zero-order valence-corrected chi connectivity index (χ0v) is 12.1. The third kappa shape index (κ3) is 2.70. The second-order valence-electron chi connectivity index (χ2n) is 5.17. The summed E-state index contributed by atoms with van der Waals surface area (Å²) in [4.78, 5) is 10.9. The topological polar surface area (TPSA) is 73.0 Å². The van der Waals surface area contributed by atoms with Crippen molar-refractivity contribution in [1.82, 2.24) is 9.88 Å². The van der Waals surface area contributed by atoms with E-state index < -0.39 is 5.72 Å². The molecule has 0 spiro atoms. The molecular formula is C15H20N4O2. The highest BCUT2D eigenvalue weighted by Gasteiger charge is 2.38. The van der Waals surface area contributed by atoms with Gasteiger partial charge in [0.25, 0.3) is 0 Å². The first kappa shape index (κ1) is 14.2. The fourth-order valence-electron chi connectivity index (χ4n) is 2.77. The minimum atomic E-state index is -0.674. The Hall–Kier alpha value is -1.76. The van der Waals surface area contributed by atoms with Crippen molar-refractivity contribution >= 4 is 6.21 Å². The highest BCUT2D eigenvalue weighted by atomic mass is 16.5. The molecule has 3 heterocycles. The predicted octanol–water partition coefficient (Wildman–Crippen LogP) is 0.725. The summed E-state index contributed by atoms with van der Waals surface area (Å²) < 4.78 is 11.1. The minimum absolute atomic E-state index is 0.192. The lowest BCUT2D eigenvalue weighted by Gasteiger charge is -2.42. The molecule has 2 aliphatic rings. The molecule has 6 nitrogen and oxygen atoms in total. The first-order chi connectivity index (χ1) is 10.2. The van der Waals surface area contributed by atoms with Crippen LogP contribution in [0.15, 0.2) is 41.3 Å². The van der Waals surface area contributed by atoms with E-state index in [1.165, 1.54) is 0 Å². The van der Waals surface area contributed by atoms with Crippen molar-refractivity contribution in [2.45, 2.75) is 11.8 Å². The number of aliphatic imine (C=N–C) groups is 1. The van der Waals surface area contributed by atoms with Crippen LogP contribution in [0.25, 0.3) is 0 Å². The van der Waals surface area contributed by atoms with E-state index in [0.717, 1.165) is 18.7 Å². The molecule has 2 aliphatic heterocycles. The van der Waals surface area contributed by atoms with E-state index in [1.54, 1.807) is 19.5 Å². The number of nitrogens with zero attached hydrogens (tertiary/aromatic N) is 3. The van der Waals surface area contributed by atoms with Gasteiger partial charge in [0.1, 0.15) is 6.04 Å². The number of nitrogens with two attached hydrogens (primary N) is 1. The largest absolute Gasteiger partial charge is 0.400 e. The van der Waals surface area contributed by atoms with E-state index in [9.17, 15) is 0 Å². The number of aromatic nitrogens is 1. The molecule has 1 saturated heterocycles.